The van der Waals surface area contributed by atoms with E-state index in [1.165, 1.54) is 11.1 Å². The summed E-state index contributed by atoms with van der Waals surface area (Å²) in [6.45, 7) is 0.707. The van der Waals surface area contributed by atoms with Crippen molar-refractivity contribution in [1.29, 1.82) is 0 Å². The predicted octanol–water partition coefficient (Wildman–Crippen LogP) is 4.18. The molecule has 2 nitrogen and oxygen atoms in total. The van der Waals surface area contributed by atoms with Crippen molar-refractivity contribution in [3.63, 3.8) is 0 Å². The average Bonchev–Trinajstić information content (AvgIpc) is 2.50. The van der Waals surface area contributed by atoms with Crippen LogP contribution in [0.25, 0.3) is 0 Å². The second-order valence-electron chi connectivity index (χ2n) is 5.34. The van der Waals surface area contributed by atoms with Gasteiger partial charge in [0.15, 0.2) is 0 Å². The third-order valence-electron chi connectivity index (χ3n) is 3.88. The van der Waals surface area contributed by atoms with E-state index in [2.05, 4.69) is 18.2 Å². The van der Waals surface area contributed by atoms with Crippen LogP contribution in [-0.2, 0) is 17.6 Å². The first-order valence-electron chi connectivity index (χ1n) is 7.04. The van der Waals surface area contributed by atoms with Crippen LogP contribution in [0.1, 0.15) is 22.8 Å². The molecule has 0 spiro atoms. The van der Waals surface area contributed by atoms with E-state index in [9.17, 15) is 0 Å². The number of hydrogen-bond donors (Lipinski definition) is 1. The molecule has 0 saturated carbocycles. The maximum Gasteiger partial charge on any atom is 0.0981 e. The van der Waals surface area contributed by atoms with Gasteiger partial charge in [0.05, 0.1) is 12.7 Å². The maximum absolute atomic E-state index is 6.39. The maximum atomic E-state index is 6.39. The van der Waals surface area contributed by atoms with Gasteiger partial charge in [0.25, 0.3) is 0 Å². The lowest BCUT2D eigenvalue weighted by atomic mass is 9.91. The molecule has 2 atom stereocenters. The summed E-state index contributed by atoms with van der Waals surface area (Å²) in [5.41, 5.74) is 9.86. The molecule has 1 heterocycles. The number of fused-ring (bicyclic) bond motifs is 1. The Morgan fingerprint density at radius 3 is 2.86 bits per heavy atom. The van der Waals surface area contributed by atoms with Crippen molar-refractivity contribution in [3.8, 4) is 0 Å². The van der Waals surface area contributed by atoms with Crippen molar-refractivity contribution >= 4 is 23.2 Å². The molecule has 1 aliphatic heterocycles. The lowest BCUT2D eigenvalue weighted by Crippen LogP contribution is -2.35. The van der Waals surface area contributed by atoms with Crippen LogP contribution < -0.4 is 5.73 Å². The molecular weight excluding hydrogens is 305 g/mol. The first kappa shape index (κ1) is 14.9. The van der Waals surface area contributed by atoms with E-state index in [1.54, 1.807) is 6.07 Å². The lowest BCUT2D eigenvalue weighted by molar-refractivity contribution is 0.0246. The molecule has 21 heavy (non-hydrogen) atoms. The first-order valence-corrected chi connectivity index (χ1v) is 7.79. The highest BCUT2D eigenvalue weighted by atomic mass is 35.5. The fraction of sp³-hybridized carbons (Fsp3) is 0.294. The Kier molecular flexibility index (Phi) is 4.51. The van der Waals surface area contributed by atoms with Gasteiger partial charge in [0.2, 0.25) is 0 Å². The summed E-state index contributed by atoms with van der Waals surface area (Å²) in [6, 6.07) is 13.6. The number of benzene rings is 2. The predicted molar refractivity (Wildman–Crippen MR) is 87.0 cm³/mol. The number of nitrogens with two attached hydrogens (primary N) is 1. The molecule has 2 aromatic rings. The molecule has 110 valence electrons. The SMILES string of the molecule is NC(Cc1cc(Cl)ccc1Cl)C1OCCc2ccccc21. The Hall–Kier alpha value is -1.06. The smallest absolute Gasteiger partial charge is 0.0981 e. The fourth-order valence-electron chi connectivity index (χ4n) is 2.84. The summed E-state index contributed by atoms with van der Waals surface area (Å²) in [6.07, 6.45) is 1.49. The van der Waals surface area contributed by atoms with Crippen LogP contribution in [0.15, 0.2) is 42.5 Å². The highest BCUT2D eigenvalue weighted by molar-refractivity contribution is 6.33. The van der Waals surface area contributed by atoms with Gasteiger partial charge in [0, 0.05) is 16.1 Å². The Morgan fingerprint density at radius 2 is 2.00 bits per heavy atom. The van der Waals surface area contributed by atoms with Crippen molar-refractivity contribution in [1.82, 2.24) is 0 Å². The number of rotatable bonds is 3. The molecule has 0 radical (unpaired) electrons. The number of ether oxygens (including phenoxy) is 1. The zero-order valence-corrected chi connectivity index (χ0v) is 13.1. The third kappa shape index (κ3) is 3.24. The van der Waals surface area contributed by atoms with Crippen LogP contribution in [0, 0.1) is 0 Å². The van der Waals surface area contributed by atoms with Crippen LogP contribution in [0.5, 0.6) is 0 Å². The van der Waals surface area contributed by atoms with Crippen molar-refractivity contribution in [2.45, 2.75) is 25.0 Å². The van der Waals surface area contributed by atoms with Gasteiger partial charge in [-0.25, -0.2) is 0 Å². The molecule has 4 heteroatoms. The summed E-state index contributed by atoms with van der Waals surface area (Å²) in [4.78, 5) is 0. The minimum absolute atomic E-state index is 0.0926. The van der Waals surface area contributed by atoms with Crippen LogP contribution in [0.3, 0.4) is 0 Å². The van der Waals surface area contributed by atoms with Gasteiger partial charge in [-0.1, -0.05) is 47.5 Å². The van der Waals surface area contributed by atoms with E-state index >= 15 is 0 Å². The van der Waals surface area contributed by atoms with E-state index in [1.807, 2.05) is 18.2 Å². The molecule has 0 amide bonds. The third-order valence-corrected chi connectivity index (χ3v) is 4.49. The molecule has 3 rings (SSSR count). The monoisotopic (exact) mass is 321 g/mol. The Morgan fingerprint density at radius 1 is 1.19 bits per heavy atom. The Bertz CT molecular complexity index is 644. The molecule has 2 unspecified atom stereocenters. The highest BCUT2D eigenvalue weighted by Crippen LogP contribution is 2.31. The summed E-state index contributed by atoms with van der Waals surface area (Å²) in [7, 11) is 0. The second-order valence-corrected chi connectivity index (χ2v) is 6.19. The normalized spacial score (nSPS) is 19.1. The fourth-order valence-corrected chi connectivity index (χ4v) is 3.23. The Balaban J connectivity index is 1.83. The molecule has 0 saturated heterocycles. The van der Waals surface area contributed by atoms with Gasteiger partial charge in [0.1, 0.15) is 0 Å². The van der Waals surface area contributed by atoms with Crippen LogP contribution >= 0.6 is 23.2 Å². The van der Waals surface area contributed by atoms with Gasteiger partial charge >= 0.3 is 0 Å². The molecule has 2 aromatic carbocycles. The van der Waals surface area contributed by atoms with Crippen molar-refractivity contribution in [3.05, 3.63) is 69.2 Å². The standard InChI is InChI=1S/C17H17Cl2NO/c18-13-5-6-15(19)12(9-13)10-16(20)17-14-4-2-1-3-11(14)7-8-21-17/h1-6,9,16-17H,7-8,10,20H2. The minimum Gasteiger partial charge on any atom is -0.372 e. The van der Waals surface area contributed by atoms with Gasteiger partial charge in [-0.15, -0.1) is 0 Å². The molecule has 0 aromatic heterocycles. The number of hydrogen-bond acceptors (Lipinski definition) is 2. The minimum atomic E-state index is -0.151. The average molecular weight is 322 g/mol. The van der Waals surface area contributed by atoms with E-state index in [0.29, 0.717) is 23.1 Å². The van der Waals surface area contributed by atoms with E-state index < -0.39 is 0 Å². The summed E-state index contributed by atoms with van der Waals surface area (Å²) >= 11 is 12.3. The van der Waals surface area contributed by atoms with Crippen molar-refractivity contribution in [2.24, 2.45) is 5.73 Å². The van der Waals surface area contributed by atoms with Gasteiger partial charge in [-0.3, -0.25) is 0 Å². The van der Waals surface area contributed by atoms with Gasteiger partial charge < -0.3 is 10.5 Å². The van der Waals surface area contributed by atoms with Crippen molar-refractivity contribution < 1.29 is 4.74 Å². The molecule has 2 N–H and O–H groups in total. The van der Waals surface area contributed by atoms with Crippen LogP contribution in [0.4, 0.5) is 0 Å². The summed E-state index contributed by atoms with van der Waals surface area (Å²) in [5, 5.41) is 1.37. The topological polar surface area (TPSA) is 35.2 Å². The molecule has 0 fully saturated rings. The zero-order valence-electron chi connectivity index (χ0n) is 11.6. The van der Waals surface area contributed by atoms with E-state index in [0.717, 1.165) is 12.0 Å². The quantitative estimate of drug-likeness (QED) is 0.920. The molecule has 0 bridgehead atoms. The highest BCUT2D eigenvalue weighted by Gasteiger charge is 2.26. The van der Waals surface area contributed by atoms with E-state index in [4.69, 9.17) is 33.7 Å². The first-order chi connectivity index (χ1) is 10.1. The Labute approximate surface area is 134 Å². The number of halogens is 2. The molecule has 0 aliphatic carbocycles. The van der Waals surface area contributed by atoms with Gasteiger partial charge in [-0.2, -0.15) is 0 Å². The van der Waals surface area contributed by atoms with Crippen LogP contribution in [-0.4, -0.2) is 12.6 Å². The van der Waals surface area contributed by atoms with Crippen LogP contribution in [0.2, 0.25) is 10.0 Å². The summed E-state index contributed by atoms with van der Waals surface area (Å²) < 4.78 is 5.91. The zero-order chi connectivity index (χ0) is 14.8. The molecular formula is C17H17Cl2NO. The summed E-state index contributed by atoms with van der Waals surface area (Å²) in [5.74, 6) is 0. The molecule has 1 aliphatic rings. The van der Waals surface area contributed by atoms with Crippen molar-refractivity contribution in [2.75, 3.05) is 6.61 Å². The van der Waals surface area contributed by atoms with Gasteiger partial charge in [-0.05, 0) is 47.7 Å². The largest absolute Gasteiger partial charge is 0.372 e. The lowest BCUT2D eigenvalue weighted by Gasteiger charge is -2.30. The second kappa shape index (κ2) is 6.37. The van der Waals surface area contributed by atoms with E-state index in [-0.39, 0.29) is 12.1 Å².